The highest BCUT2D eigenvalue weighted by molar-refractivity contribution is 7.17. The Kier molecular flexibility index (Phi) is 4.53. The van der Waals surface area contributed by atoms with Crippen molar-refractivity contribution in [3.05, 3.63) is 35.2 Å². The predicted octanol–water partition coefficient (Wildman–Crippen LogP) is 2.07. The Labute approximate surface area is 128 Å². The summed E-state index contributed by atoms with van der Waals surface area (Å²) in [6.07, 6.45) is 2.22. The van der Waals surface area contributed by atoms with Gasteiger partial charge in [-0.2, -0.15) is 0 Å². The number of carbonyl (C=O) groups excluding carboxylic acids is 1. The Morgan fingerprint density at radius 1 is 1.38 bits per heavy atom. The van der Waals surface area contributed by atoms with Gasteiger partial charge in [0, 0.05) is 17.8 Å². The summed E-state index contributed by atoms with van der Waals surface area (Å²) in [5, 5.41) is 6.43. The third kappa shape index (κ3) is 3.26. The minimum Gasteiger partial charge on any atom is -0.364 e. The molecule has 4 nitrogen and oxygen atoms in total. The third-order valence-electron chi connectivity index (χ3n) is 3.92. The van der Waals surface area contributed by atoms with Crippen LogP contribution in [0.1, 0.15) is 18.4 Å². The molecule has 3 N–H and O–H groups in total. The van der Waals surface area contributed by atoms with Gasteiger partial charge in [-0.1, -0.05) is 18.2 Å². The molecule has 2 atom stereocenters. The smallest absolute Gasteiger partial charge is 0.249 e. The summed E-state index contributed by atoms with van der Waals surface area (Å²) in [5.74, 6) is -0.00881. The molecule has 3 rings (SSSR count). The fourth-order valence-corrected chi connectivity index (χ4v) is 3.73. The van der Waals surface area contributed by atoms with Gasteiger partial charge in [-0.15, -0.1) is 11.3 Å². The van der Waals surface area contributed by atoms with Crippen molar-refractivity contribution in [3.8, 4) is 0 Å². The van der Waals surface area contributed by atoms with Gasteiger partial charge in [0.2, 0.25) is 5.91 Å². The molecule has 0 aliphatic carbocycles. The molecule has 1 aliphatic heterocycles. The standard InChI is InChI=1S/C16H20N2O2S/c17-9-12-5-6-14(20-12)16(19)18-8-7-11-10-21-15-4-2-1-3-13(11)15/h1-4,10,12,14H,5-9,17H2,(H,18,19)/t12-,14+/m1/s1. The van der Waals surface area contributed by atoms with Gasteiger partial charge in [-0.05, 0) is 41.7 Å². The molecule has 21 heavy (non-hydrogen) atoms. The number of rotatable bonds is 5. The van der Waals surface area contributed by atoms with E-state index < -0.39 is 0 Å². The lowest BCUT2D eigenvalue weighted by atomic mass is 10.1. The molecule has 1 aliphatic rings. The molecule has 2 aromatic rings. The number of benzene rings is 1. The average molecular weight is 304 g/mol. The normalized spacial score (nSPS) is 21.8. The van der Waals surface area contributed by atoms with E-state index >= 15 is 0 Å². The maximum atomic E-state index is 12.0. The number of carbonyl (C=O) groups is 1. The number of fused-ring (bicyclic) bond motifs is 1. The molecular weight excluding hydrogens is 284 g/mol. The number of nitrogens with one attached hydrogen (secondary N) is 1. The van der Waals surface area contributed by atoms with E-state index in [0.717, 1.165) is 19.3 Å². The molecule has 5 heteroatoms. The molecule has 1 fully saturated rings. The van der Waals surface area contributed by atoms with E-state index in [0.29, 0.717) is 13.1 Å². The SMILES string of the molecule is NC[C@H]1CC[C@@H](C(=O)NCCc2csc3ccccc23)O1. The van der Waals surface area contributed by atoms with Gasteiger partial charge in [0.1, 0.15) is 6.10 Å². The summed E-state index contributed by atoms with van der Waals surface area (Å²) < 4.78 is 6.89. The minimum atomic E-state index is -0.322. The molecule has 1 aromatic carbocycles. The largest absolute Gasteiger partial charge is 0.364 e. The monoisotopic (exact) mass is 304 g/mol. The van der Waals surface area contributed by atoms with Crippen LogP contribution in [0.15, 0.2) is 29.6 Å². The Balaban J connectivity index is 1.51. The molecule has 2 heterocycles. The van der Waals surface area contributed by atoms with Crippen LogP contribution in [0.3, 0.4) is 0 Å². The van der Waals surface area contributed by atoms with Crippen LogP contribution < -0.4 is 11.1 Å². The lowest BCUT2D eigenvalue weighted by Gasteiger charge is -2.12. The van der Waals surface area contributed by atoms with Gasteiger partial charge in [0.05, 0.1) is 6.10 Å². The lowest BCUT2D eigenvalue weighted by molar-refractivity contribution is -0.131. The van der Waals surface area contributed by atoms with E-state index in [1.165, 1.54) is 15.6 Å². The number of hydrogen-bond donors (Lipinski definition) is 2. The first-order valence-electron chi connectivity index (χ1n) is 7.36. The highest BCUT2D eigenvalue weighted by Crippen LogP contribution is 2.25. The van der Waals surface area contributed by atoms with Crippen LogP contribution in [-0.2, 0) is 16.0 Å². The predicted molar refractivity (Wildman–Crippen MR) is 85.5 cm³/mol. The van der Waals surface area contributed by atoms with Crippen LogP contribution in [0.25, 0.3) is 10.1 Å². The Bertz CT molecular complexity index is 626. The van der Waals surface area contributed by atoms with E-state index in [1.807, 2.05) is 0 Å². The molecule has 0 radical (unpaired) electrons. The molecule has 1 amide bonds. The van der Waals surface area contributed by atoms with Crippen LogP contribution in [0.4, 0.5) is 0 Å². The van der Waals surface area contributed by atoms with Crippen molar-refractivity contribution >= 4 is 27.3 Å². The van der Waals surface area contributed by atoms with Crippen LogP contribution in [-0.4, -0.2) is 31.2 Å². The molecule has 112 valence electrons. The summed E-state index contributed by atoms with van der Waals surface area (Å²) in [4.78, 5) is 12.0. The number of ether oxygens (including phenoxy) is 1. The summed E-state index contributed by atoms with van der Waals surface area (Å²) in [7, 11) is 0. The molecule has 1 saturated heterocycles. The fourth-order valence-electron chi connectivity index (χ4n) is 2.73. The summed E-state index contributed by atoms with van der Waals surface area (Å²) in [6, 6.07) is 8.36. The Hall–Kier alpha value is -1.43. The van der Waals surface area contributed by atoms with Crippen LogP contribution in [0.2, 0.25) is 0 Å². The first kappa shape index (κ1) is 14.5. The van der Waals surface area contributed by atoms with Crippen molar-refractivity contribution < 1.29 is 9.53 Å². The van der Waals surface area contributed by atoms with Crippen molar-refractivity contribution in [1.82, 2.24) is 5.32 Å². The van der Waals surface area contributed by atoms with Crippen molar-refractivity contribution in [3.63, 3.8) is 0 Å². The van der Waals surface area contributed by atoms with Gasteiger partial charge >= 0.3 is 0 Å². The van der Waals surface area contributed by atoms with E-state index in [2.05, 4.69) is 35.0 Å². The minimum absolute atomic E-state index is 0.00881. The molecule has 0 unspecified atom stereocenters. The number of thiophene rings is 1. The topological polar surface area (TPSA) is 64.4 Å². The fraction of sp³-hybridized carbons (Fsp3) is 0.438. The Morgan fingerprint density at radius 3 is 3.05 bits per heavy atom. The first-order chi connectivity index (χ1) is 10.3. The van der Waals surface area contributed by atoms with Crippen molar-refractivity contribution in [2.75, 3.05) is 13.1 Å². The lowest BCUT2D eigenvalue weighted by Crippen LogP contribution is -2.36. The molecule has 0 bridgehead atoms. The van der Waals surface area contributed by atoms with Crippen LogP contribution in [0, 0.1) is 0 Å². The average Bonchev–Trinajstić information content (AvgIpc) is 3.14. The van der Waals surface area contributed by atoms with E-state index in [-0.39, 0.29) is 18.1 Å². The maximum Gasteiger partial charge on any atom is 0.249 e. The maximum absolute atomic E-state index is 12.0. The van der Waals surface area contributed by atoms with Crippen molar-refractivity contribution in [2.45, 2.75) is 31.5 Å². The summed E-state index contributed by atoms with van der Waals surface area (Å²) in [6.45, 7) is 1.14. The van der Waals surface area contributed by atoms with Gasteiger partial charge in [0.15, 0.2) is 0 Å². The first-order valence-corrected chi connectivity index (χ1v) is 8.24. The number of amides is 1. The van der Waals surface area contributed by atoms with Crippen molar-refractivity contribution in [1.29, 1.82) is 0 Å². The Morgan fingerprint density at radius 2 is 2.24 bits per heavy atom. The quantitative estimate of drug-likeness (QED) is 0.889. The highest BCUT2D eigenvalue weighted by atomic mass is 32.1. The van der Waals surface area contributed by atoms with E-state index in [9.17, 15) is 4.79 Å². The van der Waals surface area contributed by atoms with Crippen molar-refractivity contribution in [2.24, 2.45) is 5.73 Å². The van der Waals surface area contributed by atoms with Gasteiger partial charge < -0.3 is 15.8 Å². The van der Waals surface area contributed by atoms with Gasteiger partial charge in [0.25, 0.3) is 0 Å². The zero-order chi connectivity index (χ0) is 14.7. The molecule has 1 aromatic heterocycles. The summed E-state index contributed by atoms with van der Waals surface area (Å²) in [5.41, 5.74) is 6.85. The second kappa shape index (κ2) is 6.56. The summed E-state index contributed by atoms with van der Waals surface area (Å²) >= 11 is 1.75. The van der Waals surface area contributed by atoms with Crippen LogP contribution in [0.5, 0.6) is 0 Å². The number of hydrogen-bond acceptors (Lipinski definition) is 4. The van der Waals surface area contributed by atoms with Gasteiger partial charge in [-0.25, -0.2) is 0 Å². The second-order valence-electron chi connectivity index (χ2n) is 5.36. The van der Waals surface area contributed by atoms with E-state index in [1.54, 1.807) is 11.3 Å². The van der Waals surface area contributed by atoms with Crippen LogP contribution >= 0.6 is 11.3 Å². The molecular formula is C16H20N2O2S. The molecule has 0 spiro atoms. The zero-order valence-electron chi connectivity index (χ0n) is 11.9. The van der Waals surface area contributed by atoms with E-state index in [4.69, 9.17) is 10.5 Å². The number of nitrogens with two attached hydrogens (primary N) is 1. The second-order valence-corrected chi connectivity index (χ2v) is 6.27. The third-order valence-corrected chi connectivity index (χ3v) is 4.93. The highest BCUT2D eigenvalue weighted by Gasteiger charge is 2.29. The van der Waals surface area contributed by atoms with Gasteiger partial charge in [-0.3, -0.25) is 4.79 Å². The zero-order valence-corrected chi connectivity index (χ0v) is 12.7. The molecule has 0 saturated carbocycles.